The lowest BCUT2D eigenvalue weighted by molar-refractivity contribution is 0.254. The smallest absolute Gasteiger partial charge is 0.244 e. The first-order chi connectivity index (χ1) is 8.80. The van der Waals surface area contributed by atoms with Gasteiger partial charge in [0.05, 0.1) is 4.90 Å². The number of nitrogens with two attached hydrogens (primary N) is 1. The van der Waals surface area contributed by atoms with Crippen molar-refractivity contribution in [2.75, 3.05) is 13.1 Å². The standard InChI is InChI=1S/C12H16Br2N2O2S/c1-8-4-10(15)7-16(6-8)19(17,18)12-3-2-9(13)5-11(12)14/h2-3,5,8,10H,4,6-7,15H2,1H3. The van der Waals surface area contributed by atoms with Crippen molar-refractivity contribution in [3.05, 3.63) is 27.1 Å². The molecule has 1 aliphatic rings. The van der Waals surface area contributed by atoms with Gasteiger partial charge in [-0.3, -0.25) is 0 Å². The van der Waals surface area contributed by atoms with Crippen LogP contribution in [0, 0.1) is 5.92 Å². The van der Waals surface area contributed by atoms with Crippen LogP contribution in [0.25, 0.3) is 0 Å². The van der Waals surface area contributed by atoms with E-state index in [1.165, 1.54) is 4.31 Å². The Balaban J connectivity index is 2.36. The number of nitrogens with zero attached hydrogens (tertiary/aromatic N) is 1. The van der Waals surface area contributed by atoms with E-state index in [4.69, 9.17) is 5.73 Å². The SMILES string of the molecule is CC1CC(N)CN(S(=O)(=O)c2ccc(Br)cc2Br)C1. The van der Waals surface area contributed by atoms with E-state index in [1.807, 2.05) is 6.92 Å². The molecule has 0 amide bonds. The number of sulfonamides is 1. The molecule has 1 heterocycles. The summed E-state index contributed by atoms with van der Waals surface area (Å²) in [4.78, 5) is 0.289. The molecule has 7 heteroatoms. The first-order valence-electron chi connectivity index (χ1n) is 6.01. The number of rotatable bonds is 2. The minimum Gasteiger partial charge on any atom is -0.326 e. The molecule has 0 spiro atoms. The highest BCUT2D eigenvalue weighted by Crippen LogP contribution is 2.30. The van der Waals surface area contributed by atoms with Crippen LogP contribution < -0.4 is 5.73 Å². The second kappa shape index (κ2) is 5.81. The fraction of sp³-hybridized carbons (Fsp3) is 0.500. The van der Waals surface area contributed by atoms with Crippen LogP contribution in [0.5, 0.6) is 0 Å². The Morgan fingerprint density at radius 3 is 2.58 bits per heavy atom. The van der Waals surface area contributed by atoms with Gasteiger partial charge in [0.15, 0.2) is 0 Å². The molecular weight excluding hydrogens is 396 g/mol. The Labute approximate surface area is 130 Å². The Morgan fingerprint density at radius 1 is 1.32 bits per heavy atom. The summed E-state index contributed by atoms with van der Waals surface area (Å²) in [5, 5.41) is 0. The predicted octanol–water partition coefficient (Wildman–Crippen LogP) is 2.57. The maximum Gasteiger partial charge on any atom is 0.244 e. The van der Waals surface area contributed by atoms with Gasteiger partial charge < -0.3 is 5.73 Å². The zero-order chi connectivity index (χ0) is 14.2. The topological polar surface area (TPSA) is 63.4 Å². The molecule has 1 saturated heterocycles. The van der Waals surface area contributed by atoms with Crippen LogP contribution in [0.2, 0.25) is 0 Å². The Hall–Kier alpha value is 0.0500. The number of hydrogen-bond acceptors (Lipinski definition) is 3. The van der Waals surface area contributed by atoms with Gasteiger partial charge in [-0.15, -0.1) is 0 Å². The van der Waals surface area contributed by atoms with Crippen molar-refractivity contribution < 1.29 is 8.42 Å². The van der Waals surface area contributed by atoms with Crippen LogP contribution in [0.4, 0.5) is 0 Å². The first kappa shape index (κ1) is 15.4. The third kappa shape index (κ3) is 3.39. The summed E-state index contributed by atoms with van der Waals surface area (Å²) in [6.45, 7) is 2.94. The monoisotopic (exact) mass is 410 g/mol. The highest BCUT2D eigenvalue weighted by Gasteiger charge is 2.32. The van der Waals surface area contributed by atoms with Crippen LogP contribution in [0.1, 0.15) is 13.3 Å². The Kier molecular flexibility index (Phi) is 4.72. The average molecular weight is 412 g/mol. The lowest BCUT2D eigenvalue weighted by Crippen LogP contribution is -2.48. The third-order valence-corrected chi connectivity index (χ3v) is 6.47. The lowest BCUT2D eigenvalue weighted by Gasteiger charge is -2.34. The molecule has 106 valence electrons. The Bertz CT molecular complexity index is 567. The Morgan fingerprint density at radius 2 is 2.00 bits per heavy atom. The molecule has 4 nitrogen and oxygen atoms in total. The third-order valence-electron chi connectivity index (χ3n) is 3.17. The summed E-state index contributed by atoms with van der Waals surface area (Å²) in [5.41, 5.74) is 5.93. The molecule has 2 N–H and O–H groups in total. The van der Waals surface area contributed by atoms with Crippen molar-refractivity contribution in [2.24, 2.45) is 11.7 Å². The van der Waals surface area contributed by atoms with Crippen molar-refractivity contribution >= 4 is 41.9 Å². The maximum absolute atomic E-state index is 12.6. The molecule has 0 radical (unpaired) electrons. The van der Waals surface area contributed by atoms with E-state index in [2.05, 4.69) is 31.9 Å². The van der Waals surface area contributed by atoms with Crippen molar-refractivity contribution in [2.45, 2.75) is 24.3 Å². The molecule has 2 rings (SSSR count). The van der Waals surface area contributed by atoms with Crippen molar-refractivity contribution in [1.29, 1.82) is 0 Å². The van der Waals surface area contributed by atoms with E-state index in [0.29, 0.717) is 17.6 Å². The van der Waals surface area contributed by atoms with Crippen molar-refractivity contribution in [1.82, 2.24) is 4.31 Å². The predicted molar refractivity (Wildman–Crippen MR) is 82.4 cm³/mol. The van der Waals surface area contributed by atoms with Gasteiger partial charge in [-0.2, -0.15) is 4.31 Å². The average Bonchev–Trinajstić information content (AvgIpc) is 2.26. The largest absolute Gasteiger partial charge is 0.326 e. The van der Waals surface area contributed by atoms with E-state index in [-0.39, 0.29) is 16.9 Å². The molecule has 1 aromatic carbocycles. The highest BCUT2D eigenvalue weighted by molar-refractivity contribution is 9.11. The number of benzene rings is 1. The van der Waals surface area contributed by atoms with Crippen LogP contribution in [0.3, 0.4) is 0 Å². The second-order valence-electron chi connectivity index (χ2n) is 5.00. The fourth-order valence-corrected chi connectivity index (χ4v) is 5.69. The summed E-state index contributed by atoms with van der Waals surface area (Å²) < 4.78 is 28.2. The zero-order valence-corrected chi connectivity index (χ0v) is 14.5. The molecule has 1 aliphatic heterocycles. The summed E-state index contributed by atoms with van der Waals surface area (Å²) in [7, 11) is -3.49. The fourth-order valence-electron chi connectivity index (χ4n) is 2.37. The summed E-state index contributed by atoms with van der Waals surface area (Å²) >= 11 is 6.63. The van der Waals surface area contributed by atoms with Crippen molar-refractivity contribution in [3.63, 3.8) is 0 Å². The van der Waals surface area contributed by atoms with Crippen LogP contribution >= 0.6 is 31.9 Å². The molecule has 0 aromatic heterocycles. The molecule has 1 fully saturated rings. The van der Waals surface area contributed by atoms with Gasteiger partial charge in [0.25, 0.3) is 0 Å². The van der Waals surface area contributed by atoms with Crippen LogP contribution in [-0.2, 0) is 10.0 Å². The summed E-state index contributed by atoms with van der Waals surface area (Å²) in [5.74, 6) is 0.285. The maximum atomic E-state index is 12.6. The second-order valence-corrected chi connectivity index (χ2v) is 8.67. The lowest BCUT2D eigenvalue weighted by atomic mass is 9.99. The van der Waals surface area contributed by atoms with Crippen molar-refractivity contribution in [3.8, 4) is 0 Å². The van der Waals surface area contributed by atoms with E-state index >= 15 is 0 Å². The van der Waals surface area contributed by atoms with E-state index in [0.717, 1.165) is 10.9 Å². The van der Waals surface area contributed by atoms with E-state index in [9.17, 15) is 8.42 Å². The van der Waals surface area contributed by atoms with Gasteiger partial charge in [0.2, 0.25) is 10.0 Å². The molecule has 0 bridgehead atoms. The molecule has 2 unspecified atom stereocenters. The van der Waals surface area contributed by atoms with Crippen LogP contribution in [0.15, 0.2) is 32.0 Å². The normalized spacial score (nSPS) is 25.5. The van der Waals surface area contributed by atoms with Gasteiger partial charge in [0.1, 0.15) is 0 Å². The van der Waals surface area contributed by atoms with Gasteiger partial charge >= 0.3 is 0 Å². The minimum absolute atomic E-state index is 0.0900. The number of halogens is 2. The zero-order valence-electron chi connectivity index (χ0n) is 10.5. The number of hydrogen-bond donors (Lipinski definition) is 1. The van der Waals surface area contributed by atoms with Gasteiger partial charge in [0, 0.05) is 28.1 Å². The summed E-state index contributed by atoms with van der Waals surface area (Å²) in [6, 6.07) is 4.98. The number of piperidine rings is 1. The highest BCUT2D eigenvalue weighted by atomic mass is 79.9. The minimum atomic E-state index is -3.49. The molecule has 19 heavy (non-hydrogen) atoms. The first-order valence-corrected chi connectivity index (χ1v) is 9.04. The van der Waals surface area contributed by atoms with E-state index < -0.39 is 10.0 Å². The molecule has 0 aliphatic carbocycles. The van der Waals surface area contributed by atoms with Gasteiger partial charge in [-0.25, -0.2) is 8.42 Å². The quantitative estimate of drug-likeness (QED) is 0.813. The van der Waals surface area contributed by atoms with E-state index in [1.54, 1.807) is 18.2 Å². The van der Waals surface area contributed by atoms with Gasteiger partial charge in [-0.05, 0) is 46.5 Å². The van der Waals surface area contributed by atoms with Gasteiger partial charge in [-0.1, -0.05) is 22.9 Å². The molecule has 0 saturated carbocycles. The van der Waals surface area contributed by atoms with Crippen LogP contribution in [-0.4, -0.2) is 31.9 Å². The molecule has 1 aromatic rings. The summed E-state index contributed by atoms with van der Waals surface area (Å²) in [6.07, 6.45) is 0.869. The molecular formula is C12H16Br2N2O2S. The molecule has 2 atom stereocenters.